The van der Waals surface area contributed by atoms with E-state index in [9.17, 15) is 9.59 Å². The van der Waals surface area contributed by atoms with Gasteiger partial charge in [0, 0.05) is 34.9 Å². The lowest BCUT2D eigenvalue weighted by Crippen LogP contribution is -2.48. The van der Waals surface area contributed by atoms with Crippen molar-refractivity contribution in [2.45, 2.75) is 58.7 Å². The van der Waals surface area contributed by atoms with Crippen molar-refractivity contribution in [3.63, 3.8) is 0 Å². The van der Waals surface area contributed by atoms with Gasteiger partial charge in [0.25, 0.3) is 0 Å². The normalized spacial score (nSPS) is 22.5. The van der Waals surface area contributed by atoms with Gasteiger partial charge in [0.2, 0.25) is 11.8 Å². The molecular formula is C29H34ClFN6O2. The number of imide groups is 1. The second kappa shape index (κ2) is 9.55. The Hall–Kier alpha value is -3.04. The molecule has 2 fully saturated rings. The Morgan fingerprint density at radius 1 is 1.18 bits per heavy atom. The summed E-state index contributed by atoms with van der Waals surface area (Å²) in [6, 6.07) is 5.81. The van der Waals surface area contributed by atoms with Crippen LogP contribution in [-0.4, -0.2) is 63.2 Å². The molecule has 2 amide bonds. The fourth-order valence-electron chi connectivity index (χ4n) is 6.29. The van der Waals surface area contributed by atoms with Crippen LogP contribution >= 0.6 is 11.6 Å². The molecule has 0 spiro atoms. The number of carbonyl (C=O) groups is 2. The van der Waals surface area contributed by atoms with Gasteiger partial charge in [-0.25, -0.2) is 13.9 Å². The van der Waals surface area contributed by atoms with Crippen LogP contribution in [0.4, 0.5) is 10.1 Å². The number of likely N-dealkylation sites (tertiary alicyclic amines) is 1. The number of nitrogens with zero attached hydrogens (tertiary/aromatic N) is 5. The van der Waals surface area contributed by atoms with E-state index >= 15 is 4.39 Å². The van der Waals surface area contributed by atoms with E-state index in [1.54, 1.807) is 11.4 Å². The van der Waals surface area contributed by atoms with Crippen molar-refractivity contribution in [1.29, 1.82) is 0 Å². The average Bonchev–Trinajstić information content (AvgIpc) is 3.38. The van der Waals surface area contributed by atoms with E-state index in [0.29, 0.717) is 43.2 Å². The molecule has 2 saturated heterocycles. The molecular weight excluding hydrogens is 519 g/mol. The van der Waals surface area contributed by atoms with Crippen molar-refractivity contribution in [2.75, 3.05) is 31.1 Å². The lowest BCUT2D eigenvalue weighted by Gasteiger charge is -2.40. The minimum atomic E-state index is -1.25. The van der Waals surface area contributed by atoms with Gasteiger partial charge in [-0.05, 0) is 68.1 Å². The van der Waals surface area contributed by atoms with E-state index < -0.39 is 11.1 Å². The number of piperidine rings is 1. The molecule has 3 aliphatic heterocycles. The molecule has 5 heterocycles. The number of carbonyl (C=O) groups excluding carboxylic acids is 2. The Bertz CT molecular complexity index is 1460. The number of rotatable bonds is 5. The molecule has 39 heavy (non-hydrogen) atoms. The van der Waals surface area contributed by atoms with Crippen molar-refractivity contribution >= 4 is 34.6 Å². The van der Waals surface area contributed by atoms with Crippen LogP contribution in [0.5, 0.6) is 0 Å². The molecule has 0 saturated carbocycles. The van der Waals surface area contributed by atoms with E-state index in [1.165, 1.54) is 11.2 Å². The third-order valence-corrected chi connectivity index (χ3v) is 9.11. The van der Waals surface area contributed by atoms with E-state index in [4.69, 9.17) is 11.6 Å². The van der Waals surface area contributed by atoms with Crippen molar-refractivity contribution < 1.29 is 14.0 Å². The molecule has 8 nitrogen and oxygen atoms in total. The van der Waals surface area contributed by atoms with Gasteiger partial charge in [0.05, 0.1) is 29.7 Å². The number of benzene rings is 1. The van der Waals surface area contributed by atoms with Gasteiger partial charge in [-0.15, -0.1) is 0 Å². The van der Waals surface area contributed by atoms with Crippen LogP contribution in [0.1, 0.15) is 51.2 Å². The molecule has 10 heteroatoms. The first-order valence-electron chi connectivity index (χ1n) is 13.7. The first-order valence-corrected chi connectivity index (χ1v) is 14.1. The average molecular weight is 553 g/mol. The quantitative estimate of drug-likeness (QED) is 0.472. The minimum absolute atomic E-state index is 0.163. The van der Waals surface area contributed by atoms with Gasteiger partial charge in [0.1, 0.15) is 12.0 Å². The van der Waals surface area contributed by atoms with Crippen LogP contribution in [0.3, 0.4) is 0 Å². The summed E-state index contributed by atoms with van der Waals surface area (Å²) in [7, 11) is 0. The molecule has 1 atom stereocenters. The fraction of sp³-hybridized carbons (Fsp3) is 0.517. The summed E-state index contributed by atoms with van der Waals surface area (Å²) in [5, 5.41) is 8.27. The minimum Gasteiger partial charge on any atom is -0.368 e. The van der Waals surface area contributed by atoms with Crippen molar-refractivity contribution in [3.8, 4) is 11.3 Å². The maximum Gasteiger partial charge on any atom is 0.235 e. The van der Waals surface area contributed by atoms with Gasteiger partial charge >= 0.3 is 0 Å². The number of aromatic nitrogens is 3. The standard InChI is InChI=1S/C29H34ClFN6O2/c1-18-26(38)36(27(39)28(18,2)3)14-19-11-23-24(33-17-34-37(23)15-19)22-13-21(30)12-20-5-4-10-35(25(20)22)16-29(31)6-8-32-9-7-29/h11-13,15,17-18,32H,4-10,14,16H2,1-3H3. The number of nitrogens with one attached hydrogen (secondary N) is 1. The molecule has 1 unspecified atom stereocenters. The number of fused-ring (bicyclic) bond motifs is 2. The molecule has 3 aliphatic rings. The van der Waals surface area contributed by atoms with Gasteiger partial charge in [-0.3, -0.25) is 14.5 Å². The highest BCUT2D eigenvalue weighted by Gasteiger charge is 2.51. The zero-order chi connectivity index (χ0) is 27.5. The molecule has 1 aromatic carbocycles. The maximum absolute atomic E-state index is 15.9. The molecule has 0 radical (unpaired) electrons. The molecule has 0 aliphatic carbocycles. The second-order valence-corrected chi connectivity index (χ2v) is 12.3. The van der Waals surface area contributed by atoms with Gasteiger partial charge in [-0.2, -0.15) is 5.10 Å². The smallest absolute Gasteiger partial charge is 0.235 e. The van der Waals surface area contributed by atoms with E-state index in [1.807, 2.05) is 38.2 Å². The SMILES string of the molecule is CC1C(=O)N(Cc2cc3c(-c4cc(Cl)cc5c4N(CC4(F)CCNCC4)CCC5)ncnn3c2)C(=O)C1(C)C. The van der Waals surface area contributed by atoms with Crippen LogP contribution in [0.2, 0.25) is 5.02 Å². The first-order chi connectivity index (χ1) is 18.6. The predicted molar refractivity (Wildman–Crippen MR) is 148 cm³/mol. The zero-order valence-corrected chi connectivity index (χ0v) is 23.4. The summed E-state index contributed by atoms with van der Waals surface area (Å²) in [4.78, 5) is 34.1. The Kier molecular flexibility index (Phi) is 6.42. The number of hydrogen-bond donors (Lipinski definition) is 1. The number of alkyl halides is 1. The summed E-state index contributed by atoms with van der Waals surface area (Å²) in [5.41, 5.74) is 3.15. The van der Waals surface area contributed by atoms with Crippen LogP contribution < -0.4 is 10.2 Å². The summed E-state index contributed by atoms with van der Waals surface area (Å²) in [6.07, 6.45) is 6.10. The first kappa shape index (κ1) is 26.2. The predicted octanol–water partition coefficient (Wildman–Crippen LogP) is 4.43. The number of anilines is 1. The third-order valence-electron chi connectivity index (χ3n) is 8.89. The number of aryl methyl sites for hydroxylation is 1. The topological polar surface area (TPSA) is 82.8 Å². The lowest BCUT2D eigenvalue weighted by atomic mass is 9.82. The van der Waals surface area contributed by atoms with E-state index in [0.717, 1.165) is 47.3 Å². The summed E-state index contributed by atoms with van der Waals surface area (Å²) in [6.45, 7) is 8.07. The van der Waals surface area contributed by atoms with Crippen LogP contribution in [0, 0.1) is 11.3 Å². The lowest BCUT2D eigenvalue weighted by molar-refractivity contribution is -0.141. The van der Waals surface area contributed by atoms with Crippen molar-refractivity contribution in [2.24, 2.45) is 11.3 Å². The van der Waals surface area contributed by atoms with Crippen molar-refractivity contribution in [1.82, 2.24) is 24.8 Å². The molecule has 3 aromatic rings. The van der Waals surface area contributed by atoms with Crippen molar-refractivity contribution in [3.05, 3.63) is 46.9 Å². The maximum atomic E-state index is 15.9. The Labute approximate surface area is 232 Å². The number of halogens is 2. The number of hydrogen-bond acceptors (Lipinski definition) is 6. The Morgan fingerprint density at radius 2 is 1.95 bits per heavy atom. The summed E-state index contributed by atoms with van der Waals surface area (Å²) < 4.78 is 17.6. The highest BCUT2D eigenvalue weighted by atomic mass is 35.5. The molecule has 6 rings (SSSR count). The van der Waals surface area contributed by atoms with Crippen LogP contribution in [0.15, 0.2) is 30.7 Å². The zero-order valence-electron chi connectivity index (χ0n) is 22.6. The van der Waals surface area contributed by atoms with Gasteiger partial charge in [0.15, 0.2) is 0 Å². The number of amides is 2. The van der Waals surface area contributed by atoms with E-state index in [2.05, 4.69) is 20.3 Å². The molecule has 1 N–H and O–H groups in total. The van der Waals surface area contributed by atoms with Gasteiger partial charge in [-0.1, -0.05) is 32.4 Å². The third kappa shape index (κ3) is 4.49. The summed E-state index contributed by atoms with van der Waals surface area (Å²) >= 11 is 6.61. The Balaban J connectivity index is 1.40. The molecule has 206 valence electrons. The van der Waals surface area contributed by atoms with Crippen LogP contribution in [-0.2, 0) is 22.6 Å². The highest BCUT2D eigenvalue weighted by Crippen LogP contribution is 2.42. The Morgan fingerprint density at radius 3 is 2.67 bits per heavy atom. The van der Waals surface area contributed by atoms with E-state index in [-0.39, 0.29) is 24.3 Å². The molecule has 0 bridgehead atoms. The van der Waals surface area contributed by atoms with Gasteiger partial charge < -0.3 is 10.2 Å². The fourth-order valence-corrected chi connectivity index (χ4v) is 6.53. The summed E-state index contributed by atoms with van der Waals surface area (Å²) in [5.74, 6) is -0.705. The monoisotopic (exact) mass is 552 g/mol. The highest BCUT2D eigenvalue weighted by molar-refractivity contribution is 6.31. The largest absolute Gasteiger partial charge is 0.368 e. The molecule has 2 aromatic heterocycles. The van der Waals surface area contributed by atoms with Crippen LogP contribution in [0.25, 0.3) is 16.8 Å². The second-order valence-electron chi connectivity index (χ2n) is 11.8.